The smallest absolute Gasteiger partial charge is 0.223 e. The monoisotopic (exact) mass is 262 g/mol. The molecule has 1 fully saturated rings. The van der Waals surface area contributed by atoms with E-state index in [0.717, 1.165) is 29.0 Å². The van der Waals surface area contributed by atoms with Crippen molar-refractivity contribution in [2.45, 2.75) is 19.4 Å². The Morgan fingerprint density at radius 2 is 2.39 bits per heavy atom. The summed E-state index contributed by atoms with van der Waals surface area (Å²) in [7, 11) is 1.85. The average molecular weight is 262 g/mol. The summed E-state index contributed by atoms with van der Waals surface area (Å²) >= 11 is 1.60. The minimum absolute atomic E-state index is 0.205. The average Bonchev–Trinajstić information content (AvgIpc) is 2.98. The van der Waals surface area contributed by atoms with Gasteiger partial charge in [0.15, 0.2) is 5.82 Å². The zero-order valence-corrected chi connectivity index (χ0v) is 11.0. The molecule has 18 heavy (non-hydrogen) atoms. The number of rotatable bonds is 3. The highest BCUT2D eigenvalue weighted by atomic mass is 32.1. The van der Waals surface area contributed by atoms with Gasteiger partial charge in [0.1, 0.15) is 10.6 Å². The number of hydrogen-bond donors (Lipinski definition) is 1. The van der Waals surface area contributed by atoms with E-state index in [1.807, 2.05) is 23.4 Å². The third kappa shape index (κ3) is 1.92. The molecular formula is C12H14N4OS. The summed E-state index contributed by atoms with van der Waals surface area (Å²) in [6.45, 7) is 1.33. The van der Waals surface area contributed by atoms with Gasteiger partial charge < -0.3 is 10.2 Å². The number of thiophene rings is 1. The van der Waals surface area contributed by atoms with Crippen LogP contribution >= 0.6 is 11.3 Å². The van der Waals surface area contributed by atoms with Gasteiger partial charge in [-0.3, -0.25) is 4.79 Å². The predicted molar refractivity (Wildman–Crippen MR) is 71.6 cm³/mol. The van der Waals surface area contributed by atoms with Crippen molar-refractivity contribution in [2.24, 2.45) is 0 Å². The number of nitrogens with zero attached hydrogens (tertiary/aromatic N) is 3. The first kappa shape index (κ1) is 11.4. The number of anilines is 1. The molecule has 6 heteroatoms. The van der Waals surface area contributed by atoms with E-state index in [4.69, 9.17) is 0 Å². The molecule has 0 atom stereocenters. The van der Waals surface area contributed by atoms with Crippen molar-refractivity contribution >= 4 is 33.3 Å². The maximum atomic E-state index is 11.6. The Morgan fingerprint density at radius 1 is 1.50 bits per heavy atom. The number of likely N-dealkylation sites (tertiary alicyclic amines) is 1. The van der Waals surface area contributed by atoms with Crippen molar-refractivity contribution in [2.75, 3.05) is 18.9 Å². The zero-order valence-electron chi connectivity index (χ0n) is 10.1. The van der Waals surface area contributed by atoms with Crippen LogP contribution < -0.4 is 5.32 Å². The summed E-state index contributed by atoms with van der Waals surface area (Å²) in [5.41, 5.74) is 0. The molecule has 0 unspecified atom stereocenters. The van der Waals surface area contributed by atoms with Crippen molar-refractivity contribution in [1.29, 1.82) is 0 Å². The molecule has 0 aromatic carbocycles. The van der Waals surface area contributed by atoms with E-state index in [9.17, 15) is 4.79 Å². The molecule has 3 heterocycles. The quantitative estimate of drug-likeness (QED) is 0.917. The topological polar surface area (TPSA) is 58.1 Å². The summed E-state index contributed by atoms with van der Waals surface area (Å²) in [5, 5.41) is 6.13. The number of carbonyl (C=O) groups excluding carboxylic acids is 1. The van der Waals surface area contributed by atoms with Crippen LogP contribution in [0.3, 0.4) is 0 Å². The second-order valence-electron chi connectivity index (χ2n) is 4.30. The van der Waals surface area contributed by atoms with Crippen LogP contribution in [0, 0.1) is 0 Å². The summed E-state index contributed by atoms with van der Waals surface area (Å²) in [4.78, 5) is 23.4. The minimum Gasteiger partial charge on any atom is -0.372 e. The minimum atomic E-state index is 0.205. The lowest BCUT2D eigenvalue weighted by atomic mass is 10.3. The molecule has 1 N–H and O–H groups in total. The number of carbonyl (C=O) groups is 1. The molecule has 94 valence electrons. The lowest BCUT2D eigenvalue weighted by Gasteiger charge is -2.14. The summed E-state index contributed by atoms with van der Waals surface area (Å²) in [5.74, 6) is 1.75. The van der Waals surface area contributed by atoms with Crippen molar-refractivity contribution in [1.82, 2.24) is 14.9 Å². The van der Waals surface area contributed by atoms with E-state index in [0.29, 0.717) is 18.8 Å². The molecule has 0 saturated carbocycles. The second kappa shape index (κ2) is 4.53. The molecule has 0 aliphatic carbocycles. The fourth-order valence-corrected chi connectivity index (χ4v) is 2.99. The van der Waals surface area contributed by atoms with E-state index in [1.54, 1.807) is 11.3 Å². The highest BCUT2D eigenvalue weighted by Gasteiger charge is 2.21. The van der Waals surface area contributed by atoms with Crippen molar-refractivity contribution in [3.8, 4) is 0 Å². The number of hydrogen-bond acceptors (Lipinski definition) is 5. The largest absolute Gasteiger partial charge is 0.372 e. The van der Waals surface area contributed by atoms with E-state index >= 15 is 0 Å². The lowest BCUT2D eigenvalue weighted by Crippen LogP contribution is -2.25. The van der Waals surface area contributed by atoms with Crippen LogP contribution in [0.25, 0.3) is 10.2 Å². The fourth-order valence-electron chi connectivity index (χ4n) is 2.20. The van der Waals surface area contributed by atoms with Crippen LogP contribution in [0.15, 0.2) is 11.4 Å². The maximum Gasteiger partial charge on any atom is 0.223 e. The lowest BCUT2D eigenvalue weighted by molar-refractivity contribution is -0.128. The van der Waals surface area contributed by atoms with Crippen LogP contribution in [0.2, 0.25) is 0 Å². The Morgan fingerprint density at radius 3 is 3.11 bits per heavy atom. The van der Waals surface area contributed by atoms with Gasteiger partial charge in [-0.2, -0.15) is 0 Å². The van der Waals surface area contributed by atoms with Gasteiger partial charge in [-0.15, -0.1) is 11.3 Å². The number of amides is 1. The SMILES string of the molecule is CNc1nc(CN2CCCC2=O)nc2sccc12. The maximum absolute atomic E-state index is 11.6. The molecule has 1 saturated heterocycles. The van der Waals surface area contributed by atoms with Crippen LogP contribution in [0.5, 0.6) is 0 Å². The van der Waals surface area contributed by atoms with E-state index in [1.165, 1.54) is 0 Å². The van der Waals surface area contributed by atoms with Crippen LogP contribution in [0.4, 0.5) is 5.82 Å². The van der Waals surface area contributed by atoms with Crippen molar-refractivity contribution in [3.05, 3.63) is 17.3 Å². The molecule has 2 aromatic heterocycles. The Kier molecular flexibility index (Phi) is 2.87. The van der Waals surface area contributed by atoms with Gasteiger partial charge in [-0.05, 0) is 17.9 Å². The summed E-state index contributed by atoms with van der Waals surface area (Å²) < 4.78 is 0. The van der Waals surface area contributed by atoms with Crippen molar-refractivity contribution < 1.29 is 4.79 Å². The van der Waals surface area contributed by atoms with Crippen LogP contribution in [-0.4, -0.2) is 34.4 Å². The number of nitrogens with one attached hydrogen (secondary N) is 1. The Bertz CT molecular complexity index is 595. The molecule has 1 aliphatic rings. The fraction of sp³-hybridized carbons (Fsp3) is 0.417. The molecule has 0 radical (unpaired) electrons. The first-order chi connectivity index (χ1) is 8.78. The van der Waals surface area contributed by atoms with Crippen LogP contribution in [0.1, 0.15) is 18.7 Å². The highest BCUT2D eigenvalue weighted by molar-refractivity contribution is 7.16. The molecule has 1 aliphatic heterocycles. The standard InChI is InChI=1S/C12H14N4OS/c1-13-11-8-4-6-18-12(8)15-9(14-11)7-16-5-2-3-10(16)17/h4,6H,2-3,5,7H2,1H3,(H,13,14,15). The normalized spacial score (nSPS) is 15.6. The molecule has 0 bridgehead atoms. The molecule has 2 aromatic rings. The van der Waals surface area contributed by atoms with Gasteiger partial charge in [0.2, 0.25) is 5.91 Å². The number of aromatic nitrogens is 2. The highest BCUT2D eigenvalue weighted by Crippen LogP contribution is 2.25. The van der Waals surface area contributed by atoms with E-state index in [-0.39, 0.29) is 5.91 Å². The van der Waals surface area contributed by atoms with Gasteiger partial charge in [0.25, 0.3) is 0 Å². The second-order valence-corrected chi connectivity index (χ2v) is 5.19. The van der Waals surface area contributed by atoms with Crippen LogP contribution in [-0.2, 0) is 11.3 Å². The molecule has 0 spiro atoms. The van der Waals surface area contributed by atoms with E-state index in [2.05, 4.69) is 15.3 Å². The predicted octanol–water partition coefficient (Wildman–Crippen LogP) is 1.86. The summed E-state index contributed by atoms with van der Waals surface area (Å²) in [6.07, 6.45) is 1.60. The van der Waals surface area contributed by atoms with Gasteiger partial charge in [-0.1, -0.05) is 0 Å². The Hall–Kier alpha value is -1.69. The molecule has 5 nitrogen and oxygen atoms in total. The molecule has 1 amide bonds. The summed E-state index contributed by atoms with van der Waals surface area (Å²) in [6, 6.07) is 2.01. The van der Waals surface area contributed by atoms with Gasteiger partial charge in [0, 0.05) is 20.0 Å². The first-order valence-electron chi connectivity index (χ1n) is 5.97. The van der Waals surface area contributed by atoms with Gasteiger partial charge in [-0.25, -0.2) is 9.97 Å². The first-order valence-corrected chi connectivity index (χ1v) is 6.85. The van der Waals surface area contributed by atoms with E-state index < -0.39 is 0 Å². The third-order valence-corrected chi connectivity index (χ3v) is 3.92. The Labute approximate surface area is 109 Å². The molecule has 3 rings (SSSR count). The Balaban J connectivity index is 1.94. The van der Waals surface area contributed by atoms with Gasteiger partial charge in [0.05, 0.1) is 11.9 Å². The zero-order chi connectivity index (χ0) is 12.5. The van der Waals surface area contributed by atoms with Gasteiger partial charge >= 0.3 is 0 Å². The van der Waals surface area contributed by atoms with Crippen molar-refractivity contribution in [3.63, 3.8) is 0 Å². The third-order valence-electron chi connectivity index (χ3n) is 3.11. The molecular weight excluding hydrogens is 248 g/mol. The number of fused-ring (bicyclic) bond motifs is 1.